The van der Waals surface area contributed by atoms with Crippen LogP contribution >= 0.6 is 0 Å². The average Bonchev–Trinajstić information content (AvgIpc) is 1.80. The first kappa shape index (κ1) is 6.29. The van der Waals surface area contributed by atoms with Gasteiger partial charge in [-0.3, -0.25) is 10.0 Å². The number of hydroxylamine groups is 2. The summed E-state index contributed by atoms with van der Waals surface area (Å²) in [6, 6.07) is 0. The van der Waals surface area contributed by atoms with Crippen molar-refractivity contribution in [1.29, 1.82) is 0 Å². The van der Waals surface area contributed by atoms with Gasteiger partial charge in [0, 0.05) is 6.08 Å². The zero-order valence-electron chi connectivity index (χ0n) is 5.29. The molecule has 0 radical (unpaired) electrons. The van der Waals surface area contributed by atoms with Gasteiger partial charge < -0.3 is 0 Å². The van der Waals surface area contributed by atoms with Gasteiger partial charge in [-0.15, -0.1) is 0 Å². The van der Waals surface area contributed by atoms with Crippen molar-refractivity contribution < 1.29 is 10.0 Å². The van der Waals surface area contributed by atoms with Crippen LogP contribution in [0.25, 0.3) is 0 Å². The molecule has 0 bridgehead atoms. The van der Waals surface area contributed by atoms with E-state index in [4.69, 9.17) is 5.21 Å². The smallest absolute Gasteiger partial charge is 0.269 e. The highest BCUT2D eigenvalue weighted by Crippen LogP contribution is 2.07. The van der Waals surface area contributed by atoms with E-state index in [1.165, 1.54) is 6.08 Å². The molecule has 1 heterocycles. The molecule has 0 fully saturated rings. The number of rotatable bonds is 0. The SMILES string of the molecule is CC1=CC(=O)N(O)CC1. The summed E-state index contributed by atoms with van der Waals surface area (Å²) in [5.74, 6) is -0.307. The van der Waals surface area contributed by atoms with Gasteiger partial charge in [0.25, 0.3) is 5.91 Å². The third kappa shape index (κ3) is 1.29. The molecule has 50 valence electrons. The van der Waals surface area contributed by atoms with Gasteiger partial charge in [-0.2, -0.15) is 0 Å². The van der Waals surface area contributed by atoms with Crippen LogP contribution in [0.3, 0.4) is 0 Å². The summed E-state index contributed by atoms with van der Waals surface area (Å²) in [4.78, 5) is 10.6. The molecular weight excluding hydrogens is 118 g/mol. The molecule has 1 N–H and O–H groups in total. The highest BCUT2D eigenvalue weighted by atomic mass is 16.5. The zero-order chi connectivity index (χ0) is 6.85. The summed E-state index contributed by atoms with van der Waals surface area (Å²) in [6.07, 6.45) is 2.23. The third-order valence-corrected chi connectivity index (χ3v) is 1.34. The molecule has 0 spiro atoms. The normalized spacial score (nSPS) is 20.0. The van der Waals surface area contributed by atoms with Crippen molar-refractivity contribution in [2.45, 2.75) is 13.3 Å². The lowest BCUT2D eigenvalue weighted by atomic mass is 10.1. The first-order chi connectivity index (χ1) is 4.20. The molecule has 0 atom stereocenters. The summed E-state index contributed by atoms with van der Waals surface area (Å²) in [6.45, 7) is 2.31. The van der Waals surface area contributed by atoms with Crippen molar-refractivity contribution >= 4 is 5.91 Å². The molecule has 0 saturated heterocycles. The monoisotopic (exact) mass is 127 g/mol. The Morgan fingerprint density at radius 1 is 1.78 bits per heavy atom. The largest absolute Gasteiger partial charge is 0.286 e. The first-order valence-corrected chi connectivity index (χ1v) is 2.87. The van der Waals surface area contributed by atoms with E-state index in [9.17, 15) is 4.79 Å². The summed E-state index contributed by atoms with van der Waals surface area (Å²) in [7, 11) is 0. The van der Waals surface area contributed by atoms with E-state index in [2.05, 4.69) is 0 Å². The molecular formula is C6H9NO2. The van der Waals surface area contributed by atoms with Crippen molar-refractivity contribution in [3.05, 3.63) is 11.6 Å². The van der Waals surface area contributed by atoms with Gasteiger partial charge in [0.05, 0.1) is 6.54 Å². The number of hydrogen-bond donors (Lipinski definition) is 1. The van der Waals surface area contributed by atoms with Gasteiger partial charge in [-0.05, 0) is 13.3 Å². The minimum absolute atomic E-state index is 0.307. The zero-order valence-corrected chi connectivity index (χ0v) is 5.29. The molecule has 1 rings (SSSR count). The summed E-state index contributed by atoms with van der Waals surface area (Å²) >= 11 is 0. The predicted octanol–water partition coefficient (Wildman–Crippen LogP) is 0.554. The van der Waals surface area contributed by atoms with Gasteiger partial charge >= 0.3 is 0 Å². The van der Waals surface area contributed by atoms with E-state index < -0.39 is 0 Å². The maximum absolute atomic E-state index is 10.6. The third-order valence-electron chi connectivity index (χ3n) is 1.34. The average molecular weight is 127 g/mol. The lowest BCUT2D eigenvalue weighted by molar-refractivity contribution is -0.160. The number of carbonyl (C=O) groups excluding carboxylic acids is 1. The van der Waals surface area contributed by atoms with E-state index in [0.29, 0.717) is 6.54 Å². The van der Waals surface area contributed by atoms with Crippen LogP contribution in [-0.4, -0.2) is 22.7 Å². The summed E-state index contributed by atoms with van der Waals surface area (Å²) < 4.78 is 0. The second-order valence-electron chi connectivity index (χ2n) is 2.20. The van der Waals surface area contributed by atoms with Crippen molar-refractivity contribution in [3.8, 4) is 0 Å². The van der Waals surface area contributed by atoms with E-state index in [0.717, 1.165) is 17.1 Å². The molecule has 3 heteroatoms. The molecule has 0 aromatic heterocycles. The minimum Gasteiger partial charge on any atom is -0.286 e. The van der Waals surface area contributed by atoms with Gasteiger partial charge in [0.2, 0.25) is 0 Å². The maximum Gasteiger partial charge on any atom is 0.269 e. The molecule has 0 saturated carbocycles. The Labute approximate surface area is 53.5 Å². The Hall–Kier alpha value is -0.830. The fraction of sp³-hybridized carbons (Fsp3) is 0.500. The minimum atomic E-state index is -0.307. The summed E-state index contributed by atoms with van der Waals surface area (Å²) in [5, 5.41) is 9.46. The number of nitrogens with zero attached hydrogens (tertiary/aromatic N) is 1. The molecule has 1 amide bonds. The molecule has 9 heavy (non-hydrogen) atoms. The highest BCUT2D eigenvalue weighted by molar-refractivity contribution is 5.88. The molecule has 1 aliphatic heterocycles. The number of amides is 1. The Bertz CT molecular complexity index is 162. The fourth-order valence-electron chi connectivity index (χ4n) is 0.750. The summed E-state index contributed by atoms with van der Waals surface area (Å²) in [5.41, 5.74) is 1.03. The number of hydrogen-bond acceptors (Lipinski definition) is 2. The molecule has 0 aromatic carbocycles. The van der Waals surface area contributed by atoms with Crippen molar-refractivity contribution in [1.82, 2.24) is 5.06 Å². The fourth-order valence-corrected chi connectivity index (χ4v) is 0.750. The van der Waals surface area contributed by atoms with Crippen molar-refractivity contribution in [2.24, 2.45) is 0 Å². The second-order valence-corrected chi connectivity index (χ2v) is 2.20. The van der Waals surface area contributed by atoms with Gasteiger partial charge in [0.1, 0.15) is 0 Å². The van der Waals surface area contributed by atoms with Crippen LogP contribution in [0.1, 0.15) is 13.3 Å². The molecule has 1 aliphatic rings. The highest BCUT2D eigenvalue weighted by Gasteiger charge is 2.12. The lowest BCUT2D eigenvalue weighted by Gasteiger charge is -2.17. The molecule has 0 aromatic rings. The molecule has 3 nitrogen and oxygen atoms in total. The van der Waals surface area contributed by atoms with Crippen LogP contribution in [-0.2, 0) is 4.79 Å². The Kier molecular flexibility index (Phi) is 1.53. The van der Waals surface area contributed by atoms with E-state index in [1.54, 1.807) is 0 Å². The van der Waals surface area contributed by atoms with Crippen LogP contribution in [0.4, 0.5) is 0 Å². The molecule has 0 aliphatic carbocycles. The lowest BCUT2D eigenvalue weighted by Crippen LogP contribution is -2.30. The van der Waals surface area contributed by atoms with Crippen molar-refractivity contribution in [2.75, 3.05) is 6.54 Å². The standard InChI is InChI=1S/C6H9NO2/c1-5-2-3-7(9)6(8)4-5/h4,9H,2-3H2,1H3. The second kappa shape index (κ2) is 2.19. The topological polar surface area (TPSA) is 40.5 Å². The van der Waals surface area contributed by atoms with Gasteiger partial charge in [-0.25, -0.2) is 5.06 Å². The predicted molar refractivity (Wildman–Crippen MR) is 31.9 cm³/mol. The Morgan fingerprint density at radius 3 is 2.89 bits per heavy atom. The van der Waals surface area contributed by atoms with Gasteiger partial charge in [0.15, 0.2) is 0 Å². The Morgan fingerprint density at radius 2 is 2.44 bits per heavy atom. The van der Waals surface area contributed by atoms with E-state index in [1.807, 2.05) is 6.92 Å². The van der Waals surface area contributed by atoms with Gasteiger partial charge in [-0.1, -0.05) is 5.57 Å². The van der Waals surface area contributed by atoms with Crippen LogP contribution in [0.15, 0.2) is 11.6 Å². The quantitative estimate of drug-likeness (QED) is 0.483. The van der Waals surface area contributed by atoms with Crippen LogP contribution < -0.4 is 0 Å². The first-order valence-electron chi connectivity index (χ1n) is 2.87. The molecule has 0 unspecified atom stereocenters. The van der Waals surface area contributed by atoms with E-state index in [-0.39, 0.29) is 5.91 Å². The van der Waals surface area contributed by atoms with Crippen LogP contribution in [0.2, 0.25) is 0 Å². The van der Waals surface area contributed by atoms with Crippen molar-refractivity contribution in [3.63, 3.8) is 0 Å². The van der Waals surface area contributed by atoms with E-state index >= 15 is 0 Å². The van der Waals surface area contributed by atoms with Crippen LogP contribution in [0, 0.1) is 0 Å². The maximum atomic E-state index is 10.6. The Balaban J connectivity index is 2.70. The number of carbonyl (C=O) groups is 1. The van der Waals surface area contributed by atoms with Crippen LogP contribution in [0.5, 0.6) is 0 Å².